The lowest BCUT2D eigenvalue weighted by molar-refractivity contribution is -0.155. The van der Waals surface area contributed by atoms with Gasteiger partial charge in [0.1, 0.15) is 5.60 Å². The van der Waals surface area contributed by atoms with Gasteiger partial charge in [-0.3, -0.25) is 0 Å². The largest absolute Gasteiger partial charge is 0.456 e. The molecule has 0 spiro atoms. The summed E-state index contributed by atoms with van der Waals surface area (Å²) in [6.45, 7) is 7.32. The number of rotatable bonds is 4. The lowest BCUT2D eigenvalue weighted by Gasteiger charge is -2.28. The number of methoxy groups -OCH3 is 1. The molecule has 0 aromatic rings. The molecule has 86 valence electrons. The van der Waals surface area contributed by atoms with Crippen molar-refractivity contribution in [2.75, 3.05) is 7.11 Å². The van der Waals surface area contributed by atoms with E-state index in [4.69, 9.17) is 9.47 Å². The third-order valence-corrected chi connectivity index (χ3v) is 3.16. The first-order chi connectivity index (χ1) is 7.03. The van der Waals surface area contributed by atoms with Crippen LogP contribution in [0.25, 0.3) is 0 Å². The Morgan fingerprint density at radius 3 is 2.67 bits per heavy atom. The Morgan fingerprint density at radius 2 is 2.27 bits per heavy atom. The Labute approximate surface area is 91.4 Å². The van der Waals surface area contributed by atoms with Gasteiger partial charge in [-0.25, -0.2) is 4.79 Å². The van der Waals surface area contributed by atoms with Gasteiger partial charge in [0.25, 0.3) is 0 Å². The first-order valence-electron chi connectivity index (χ1n) is 5.44. The van der Waals surface area contributed by atoms with E-state index < -0.39 is 0 Å². The zero-order valence-corrected chi connectivity index (χ0v) is 9.84. The molecule has 1 rings (SSSR count). The van der Waals surface area contributed by atoms with Crippen molar-refractivity contribution < 1.29 is 14.3 Å². The van der Waals surface area contributed by atoms with E-state index in [-0.39, 0.29) is 17.7 Å². The molecule has 2 atom stereocenters. The predicted octanol–water partition coefficient (Wildman–Crippen LogP) is 2.45. The third-order valence-electron chi connectivity index (χ3n) is 3.16. The second kappa shape index (κ2) is 4.79. The quantitative estimate of drug-likeness (QED) is 0.530. The van der Waals surface area contributed by atoms with Gasteiger partial charge in [0, 0.05) is 19.1 Å². The van der Waals surface area contributed by atoms with Crippen molar-refractivity contribution in [2.24, 2.45) is 0 Å². The van der Waals surface area contributed by atoms with Crippen molar-refractivity contribution in [1.29, 1.82) is 0 Å². The Morgan fingerprint density at radius 1 is 1.60 bits per heavy atom. The van der Waals surface area contributed by atoms with E-state index in [9.17, 15) is 4.79 Å². The molecule has 0 saturated heterocycles. The molecule has 0 heterocycles. The normalized spacial score (nSPS) is 30.2. The molecule has 0 amide bonds. The van der Waals surface area contributed by atoms with Crippen LogP contribution in [0.2, 0.25) is 0 Å². The summed E-state index contributed by atoms with van der Waals surface area (Å²) >= 11 is 0. The number of hydrogen-bond acceptors (Lipinski definition) is 3. The molecular formula is C12H20O3. The molecule has 1 fully saturated rings. The SMILES string of the molecule is C=C(C)C(=O)OC1(CC)CCC(OC)C1. The van der Waals surface area contributed by atoms with Crippen molar-refractivity contribution >= 4 is 5.97 Å². The molecule has 0 aromatic carbocycles. The number of carbonyl (C=O) groups excluding carboxylic acids is 1. The van der Waals surface area contributed by atoms with Crippen LogP contribution in [-0.2, 0) is 14.3 Å². The zero-order chi connectivity index (χ0) is 11.5. The van der Waals surface area contributed by atoms with Gasteiger partial charge < -0.3 is 9.47 Å². The van der Waals surface area contributed by atoms with Crippen LogP contribution >= 0.6 is 0 Å². The van der Waals surface area contributed by atoms with Crippen molar-refractivity contribution in [3.8, 4) is 0 Å². The summed E-state index contributed by atoms with van der Waals surface area (Å²) in [6.07, 6.45) is 3.72. The number of esters is 1. The molecule has 1 aliphatic rings. The lowest BCUT2D eigenvalue weighted by atomic mass is 9.98. The van der Waals surface area contributed by atoms with Crippen LogP contribution in [-0.4, -0.2) is 24.8 Å². The van der Waals surface area contributed by atoms with Gasteiger partial charge in [0.05, 0.1) is 6.10 Å². The van der Waals surface area contributed by atoms with Crippen LogP contribution in [0, 0.1) is 0 Å². The first-order valence-corrected chi connectivity index (χ1v) is 5.44. The summed E-state index contributed by atoms with van der Waals surface area (Å²) in [5.41, 5.74) is 0.139. The summed E-state index contributed by atoms with van der Waals surface area (Å²) in [5.74, 6) is -0.284. The van der Waals surface area contributed by atoms with Gasteiger partial charge in [-0.2, -0.15) is 0 Å². The Balaban J connectivity index is 2.63. The van der Waals surface area contributed by atoms with Crippen molar-refractivity contribution in [1.82, 2.24) is 0 Å². The fourth-order valence-corrected chi connectivity index (χ4v) is 2.01. The van der Waals surface area contributed by atoms with E-state index in [1.54, 1.807) is 14.0 Å². The molecule has 0 aliphatic heterocycles. The second-order valence-corrected chi connectivity index (χ2v) is 4.31. The molecule has 0 bridgehead atoms. The Kier molecular flexibility index (Phi) is 3.91. The summed E-state index contributed by atoms with van der Waals surface area (Å²) in [6, 6.07) is 0. The fraction of sp³-hybridized carbons (Fsp3) is 0.750. The van der Waals surface area contributed by atoms with E-state index in [0.717, 1.165) is 25.7 Å². The minimum absolute atomic E-state index is 0.225. The maximum Gasteiger partial charge on any atom is 0.333 e. The highest BCUT2D eigenvalue weighted by Gasteiger charge is 2.41. The molecule has 0 N–H and O–H groups in total. The summed E-state index contributed by atoms with van der Waals surface area (Å²) < 4.78 is 10.8. The minimum Gasteiger partial charge on any atom is -0.456 e. The Hall–Kier alpha value is -0.830. The summed E-state index contributed by atoms with van der Waals surface area (Å²) in [4.78, 5) is 11.5. The molecule has 2 unspecified atom stereocenters. The highest BCUT2D eigenvalue weighted by atomic mass is 16.6. The monoisotopic (exact) mass is 212 g/mol. The molecule has 1 aliphatic carbocycles. The number of ether oxygens (including phenoxy) is 2. The van der Waals surface area contributed by atoms with Crippen LogP contribution in [0.3, 0.4) is 0 Å². The minimum atomic E-state index is -0.323. The van der Waals surface area contributed by atoms with Crippen LogP contribution < -0.4 is 0 Å². The van der Waals surface area contributed by atoms with Gasteiger partial charge in [0.2, 0.25) is 0 Å². The Bertz CT molecular complexity index is 260. The van der Waals surface area contributed by atoms with Crippen molar-refractivity contribution in [3.05, 3.63) is 12.2 Å². The van der Waals surface area contributed by atoms with Gasteiger partial charge in [-0.05, 0) is 26.2 Å². The molecule has 3 nitrogen and oxygen atoms in total. The maximum atomic E-state index is 11.5. The predicted molar refractivity (Wildman–Crippen MR) is 58.6 cm³/mol. The fourth-order valence-electron chi connectivity index (χ4n) is 2.01. The van der Waals surface area contributed by atoms with Crippen LogP contribution in [0.15, 0.2) is 12.2 Å². The lowest BCUT2D eigenvalue weighted by Crippen LogP contribution is -2.32. The average Bonchev–Trinajstić information content (AvgIpc) is 2.62. The van der Waals surface area contributed by atoms with Crippen molar-refractivity contribution in [3.63, 3.8) is 0 Å². The maximum absolute atomic E-state index is 11.5. The van der Waals surface area contributed by atoms with Gasteiger partial charge in [-0.1, -0.05) is 13.5 Å². The van der Waals surface area contributed by atoms with Gasteiger partial charge >= 0.3 is 5.97 Å². The summed E-state index contributed by atoms with van der Waals surface area (Å²) in [5, 5.41) is 0. The molecule has 15 heavy (non-hydrogen) atoms. The van der Waals surface area contributed by atoms with Crippen LogP contribution in [0.1, 0.15) is 39.5 Å². The molecule has 3 heteroatoms. The van der Waals surface area contributed by atoms with E-state index in [1.165, 1.54) is 0 Å². The number of carbonyl (C=O) groups is 1. The first kappa shape index (κ1) is 12.2. The van der Waals surface area contributed by atoms with Crippen molar-refractivity contribution in [2.45, 2.75) is 51.2 Å². The van der Waals surface area contributed by atoms with E-state index in [0.29, 0.717) is 5.57 Å². The van der Waals surface area contributed by atoms with E-state index in [1.807, 2.05) is 6.92 Å². The zero-order valence-electron chi connectivity index (χ0n) is 9.84. The summed E-state index contributed by atoms with van der Waals surface area (Å²) in [7, 11) is 1.71. The highest BCUT2D eigenvalue weighted by Crippen LogP contribution is 2.37. The second-order valence-electron chi connectivity index (χ2n) is 4.31. The van der Waals surface area contributed by atoms with E-state index in [2.05, 4.69) is 6.58 Å². The average molecular weight is 212 g/mol. The molecular weight excluding hydrogens is 192 g/mol. The van der Waals surface area contributed by atoms with Crippen LogP contribution in [0.5, 0.6) is 0 Å². The van der Waals surface area contributed by atoms with Gasteiger partial charge in [-0.15, -0.1) is 0 Å². The third kappa shape index (κ3) is 2.81. The molecule has 0 aromatic heterocycles. The smallest absolute Gasteiger partial charge is 0.333 e. The number of hydrogen-bond donors (Lipinski definition) is 0. The van der Waals surface area contributed by atoms with E-state index >= 15 is 0 Å². The molecule has 1 saturated carbocycles. The standard InChI is InChI=1S/C12H20O3/c1-5-12(15-11(13)9(2)3)7-6-10(8-12)14-4/h10H,2,5-8H2,1,3-4H3. The molecule has 0 radical (unpaired) electrons. The highest BCUT2D eigenvalue weighted by molar-refractivity contribution is 5.87. The topological polar surface area (TPSA) is 35.5 Å². The van der Waals surface area contributed by atoms with Gasteiger partial charge in [0.15, 0.2) is 0 Å². The van der Waals surface area contributed by atoms with Crippen LogP contribution in [0.4, 0.5) is 0 Å².